The Hall–Kier alpha value is -0.120. The first-order valence-electron chi connectivity index (χ1n) is 4.28. The van der Waals surface area contributed by atoms with E-state index in [1.54, 1.807) is 0 Å². The van der Waals surface area contributed by atoms with Gasteiger partial charge in [-0.25, -0.2) is 0 Å². The molecule has 0 radical (unpaired) electrons. The van der Waals surface area contributed by atoms with E-state index in [9.17, 15) is 5.11 Å². The fourth-order valence-electron chi connectivity index (χ4n) is 1.34. The van der Waals surface area contributed by atoms with Crippen LogP contribution in [-0.4, -0.2) is 35.9 Å². The fraction of sp³-hybridized carbons (Fsp3) is 1.00. The van der Waals surface area contributed by atoms with Crippen LogP contribution in [0.1, 0.15) is 20.8 Å². The van der Waals surface area contributed by atoms with Crippen molar-refractivity contribution in [1.82, 2.24) is 10.6 Å². The first kappa shape index (κ1) is 8.97. The molecule has 4 unspecified atom stereocenters. The molecule has 0 aromatic rings. The van der Waals surface area contributed by atoms with Crippen LogP contribution >= 0.6 is 0 Å². The summed E-state index contributed by atoms with van der Waals surface area (Å²) in [6.45, 7) is 6.97. The van der Waals surface area contributed by atoms with Crippen LogP contribution in [0.5, 0.6) is 0 Å². The van der Waals surface area contributed by atoms with Crippen molar-refractivity contribution in [3.05, 3.63) is 0 Å². The molecule has 1 heterocycles. The number of piperazine rings is 1. The van der Waals surface area contributed by atoms with Crippen LogP contribution in [0.15, 0.2) is 0 Å². The van der Waals surface area contributed by atoms with Crippen molar-refractivity contribution in [3.8, 4) is 0 Å². The highest BCUT2D eigenvalue weighted by atomic mass is 16.3. The molecule has 1 fully saturated rings. The van der Waals surface area contributed by atoms with Crippen molar-refractivity contribution < 1.29 is 5.11 Å². The number of hydrogen-bond donors (Lipinski definition) is 3. The highest BCUT2D eigenvalue weighted by Gasteiger charge is 2.25. The minimum atomic E-state index is -0.266. The van der Waals surface area contributed by atoms with E-state index >= 15 is 0 Å². The smallest absolute Gasteiger partial charge is 0.0677 e. The Morgan fingerprint density at radius 1 is 1.36 bits per heavy atom. The molecule has 3 heteroatoms. The van der Waals surface area contributed by atoms with Gasteiger partial charge in [0.15, 0.2) is 0 Å². The Morgan fingerprint density at radius 2 is 2.00 bits per heavy atom. The second-order valence-electron chi connectivity index (χ2n) is 3.50. The lowest BCUT2D eigenvalue weighted by Gasteiger charge is -2.36. The number of nitrogens with one attached hydrogen (secondary N) is 2. The Kier molecular flexibility index (Phi) is 2.87. The normalized spacial score (nSPS) is 42.0. The summed E-state index contributed by atoms with van der Waals surface area (Å²) in [5, 5.41) is 16.0. The van der Waals surface area contributed by atoms with Gasteiger partial charge in [-0.1, -0.05) is 0 Å². The highest BCUT2D eigenvalue weighted by Crippen LogP contribution is 2.03. The van der Waals surface area contributed by atoms with E-state index in [4.69, 9.17) is 0 Å². The minimum absolute atomic E-state index is 0.209. The lowest BCUT2D eigenvalue weighted by molar-refractivity contribution is 0.116. The molecule has 1 rings (SSSR count). The predicted octanol–water partition coefficient (Wildman–Crippen LogP) is -0.294. The maximum Gasteiger partial charge on any atom is 0.0677 e. The number of hydrogen-bond acceptors (Lipinski definition) is 3. The van der Waals surface area contributed by atoms with E-state index in [0.29, 0.717) is 12.1 Å². The van der Waals surface area contributed by atoms with Crippen LogP contribution in [0.2, 0.25) is 0 Å². The van der Waals surface area contributed by atoms with E-state index < -0.39 is 0 Å². The third kappa shape index (κ3) is 2.15. The predicted molar refractivity (Wildman–Crippen MR) is 45.5 cm³/mol. The molecular formula is C8H18N2O. The fourth-order valence-corrected chi connectivity index (χ4v) is 1.34. The lowest BCUT2D eigenvalue weighted by Crippen LogP contribution is -2.61. The molecule has 66 valence electrons. The Morgan fingerprint density at radius 3 is 2.45 bits per heavy atom. The summed E-state index contributed by atoms with van der Waals surface area (Å²) >= 11 is 0. The van der Waals surface area contributed by atoms with Crippen molar-refractivity contribution in [1.29, 1.82) is 0 Å². The molecule has 0 aliphatic carbocycles. The largest absolute Gasteiger partial charge is 0.392 e. The van der Waals surface area contributed by atoms with Crippen molar-refractivity contribution in [2.45, 2.75) is 45.0 Å². The summed E-state index contributed by atoms with van der Waals surface area (Å²) in [6.07, 6.45) is -0.266. The maximum absolute atomic E-state index is 9.28. The van der Waals surface area contributed by atoms with E-state index in [0.717, 1.165) is 6.54 Å². The van der Waals surface area contributed by atoms with Gasteiger partial charge in [0.2, 0.25) is 0 Å². The number of rotatable bonds is 1. The Bertz CT molecular complexity index is 127. The summed E-state index contributed by atoms with van der Waals surface area (Å²) < 4.78 is 0. The van der Waals surface area contributed by atoms with Crippen LogP contribution in [0.25, 0.3) is 0 Å². The zero-order valence-electron chi connectivity index (χ0n) is 7.46. The molecule has 1 aliphatic heterocycles. The van der Waals surface area contributed by atoms with Gasteiger partial charge in [0.25, 0.3) is 0 Å². The average Bonchev–Trinajstić information content (AvgIpc) is 1.94. The maximum atomic E-state index is 9.28. The molecule has 0 aromatic heterocycles. The van der Waals surface area contributed by atoms with Gasteiger partial charge in [-0.3, -0.25) is 0 Å². The SMILES string of the molecule is CC(O)C1CNC(C)C(C)N1. The zero-order valence-corrected chi connectivity index (χ0v) is 7.46. The zero-order chi connectivity index (χ0) is 8.43. The van der Waals surface area contributed by atoms with Gasteiger partial charge in [0.05, 0.1) is 6.10 Å². The molecule has 0 amide bonds. The molecule has 11 heavy (non-hydrogen) atoms. The van der Waals surface area contributed by atoms with E-state index in [1.807, 2.05) is 6.92 Å². The molecule has 4 atom stereocenters. The molecule has 1 aliphatic rings. The van der Waals surface area contributed by atoms with Crippen molar-refractivity contribution in [2.75, 3.05) is 6.54 Å². The first-order valence-corrected chi connectivity index (χ1v) is 4.28. The summed E-state index contributed by atoms with van der Waals surface area (Å²) in [6, 6.07) is 1.16. The summed E-state index contributed by atoms with van der Waals surface area (Å²) in [5.41, 5.74) is 0. The van der Waals surface area contributed by atoms with E-state index in [2.05, 4.69) is 24.5 Å². The van der Waals surface area contributed by atoms with Crippen molar-refractivity contribution in [2.24, 2.45) is 0 Å². The number of aliphatic hydroxyl groups is 1. The standard InChI is InChI=1S/C8H18N2O/c1-5-6(2)10-8(4-9-5)7(3)11/h5-11H,4H2,1-3H3. The molecule has 0 aromatic carbocycles. The van der Waals surface area contributed by atoms with Gasteiger partial charge in [-0.15, -0.1) is 0 Å². The molecule has 3 N–H and O–H groups in total. The molecule has 0 bridgehead atoms. The van der Waals surface area contributed by atoms with Gasteiger partial charge in [-0.05, 0) is 20.8 Å². The topological polar surface area (TPSA) is 44.3 Å². The van der Waals surface area contributed by atoms with Gasteiger partial charge in [0.1, 0.15) is 0 Å². The van der Waals surface area contributed by atoms with E-state index in [-0.39, 0.29) is 12.1 Å². The second kappa shape index (κ2) is 3.52. The van der Waals surface area contributed by atoms with Crippen LogP contribution in [0, 0.1) is 0 Å². The third-order valence-electron chi connectivity index (χ3n) is 2.47. The monoisotopic (exact) mass is 158 g/mol. The Balaban J connectivity index is 2.40. The summed E-state index contributed by atoms with van der Waals surface area (Å²) in [4.78, 5) is 0. The highest BCUT2D eigenvalue weighted by molar-refractivity contribution is 4.88. The van der Waals surface area contributed by atoms with Crippen molar-refractivity contribution in [3.63, 3.8) is 0 Å². The van der Waals surface area contributed by atoms with Crippen LogP contribution in [0.3, 0.4) is 0 Å². The molecule has 1 saturated heterocycles. The lowest BCUT2D eigenvalue weighted by atomic mass is 10.0. The molecule has 0 spiro atoms. The number of aliphatic hydroxyl groups excluding tert-OH is 1. The Labute approximate surface area is 68.2 Å². The quantitative estimate of drug-likeness (QED) is 0.491. The molecule has 3 nitrogen and oxygen atoms in total. The minimum Gasteiger partial charge on any atom is -0.392 e. The summed E-state index contributed by atoms with van der Waals surface area (Å²) in [7, 11) is 0. The summed E-state index contributed by atoms with van der Waals surface area (Å²) in [5.74, 6) is 0. The van der Waals surface area contributed by atoms with E-state index in [1.165, 1.54) is 0 Å². The van der Waals surface area contributed by atoms with Crippen LogP contribution in [-0.2, 0) is 0 Å². The van der Waals surface area contributed by atoms with Crippen molar-refractivity contribution >= 4 is 0 Å². The van der Waals surface area contributed by atoms with Gasteiger partial charge in [-0.2, -0.15) is 0 Å². The first-order chi connectivity index (χ1) is 5.11. The van der Waals surface area contributed by atoms with Gasteiger partial charge >= 0.3 is 0 Å². The van der Waals surface area contributed by atoms with Crippen LogP contribution in [0.4, 0.5) is 0 Å². The second-order valence-corrected chi connectivity index (χ2v) is 3.50. The third-order valence-corrected chi connectivity index (χ3v) is 2.47. The van der Waals surface area contributed by atoms with Gasteiger partial charge in [0, 0.05) is 24.7 Å². The molecular weight excluding hydrogens is 140 g/mol. The van der Waals surface area contributed by atoms with Gasteiger partial charge < -0.3 is 15.7 Å². The van der Waals surface area contributed by atoms with Crippen LogP contribution < -0.4 is 10.6 Å². The molecule has 0 saturated carbocycles. The average molecular weight is 158 g/mol.